The van der Waals surface area contributed by atoms with Crippen LogP contribution in [-0.4, -0.2) is 42.0 Å². The molecule has 2 rings (SSSR count). The average molecular weight is 576 g/mol. The van der Waals surface area contributed by atoms with Crippen molar-refractivity contribution in [2.75, 3.05) is 13.1 Å². The van der Waals surface area contributed by atoms with Gasteiger partial charge in [0.2, 0.25) is 0 Å². The molecule has 0 aliphatic carbocycles. The van der Waals surface area contributed by atoms with E-state index in [9.17, 15) is 20.2 Å². The smallest absolute Gasteiger partial charge is 0.434 e. The minimum Gasteiger partial charge on any atom is -0.675 e. The number of halogens is 2. The number of nitrogens with one attached hydrogen (secondary N) is 2. The van der Waals surface area contributed by atoms with Gasteiger partial charge in [0, 0.05) is 0 Å². The van der Waals surface area contributed by atoms with Gasteiger partial charge in [-0.05, 0) is 9.85 Å². The minimum atomic E-state index is -0.560. The normalized spacial score (nSPS) is 9.60. The summed E-state index contributed by atoms with van der Waals surface area (Å²) in [5.74, 6) is -0.394. The maximum atomic E-state index is 10.2. The molecule has 0 aromatic carbocycles. The van der Waals surface area contributed by atoms with Crippen molar-refractivity contribution in [2.24, 2.45) is 0 Å². The van der Waals surface area contributed by atoms with Gasteiger partial charge in [-0.3, -0.25) is 0 Å². The second kappa shape index (κ2) is 13.7. The van der Waals surface area contributed by atoms with Crippen LogP contribution in [0.15, 0.2) is 24.8 Å². The summed E-state index contributed by atoms with van der Waals surface area (Å²) in [5.41, 5.74) is 13.7. The van der Waals surface area contributed by atoms with E-state index in [0.717, 1.165) is 0 Å². The van der Waals surface area contributed by atoms with E-state index < -0.39 is 26.3 Å². The summed E-state index contributed by atoms with van der Waals surface area (Å²) in [6.07, 6.45) is 5.70. The van der Waals surface area contributed by atoms with E-state index in [2.05, 4.69) is 9.97 Å². The molecule has 0 aliphatic heterocycles. The van der Waals surface area contributed by atoms with Gasteiger partial charge in [0.1, 0.15) is 24.8 Å². The standard InChI is InChI=1S/2C5H7N4O2.2ClH.Pt/c2*6-1-3-8-4-2-7-5(8)9(10)11;;;/h2*2,4,6H,1,3H2;2*1H;/q2*-1;;;+4/p-2. The Morgan fingerprint density at radius 2 is 1.28 bits per heavy atom. The van der Waals surface area contributed by atoms with Crippen LogP contribution in [0.3, 0.4) is 0 Å². The first-order chi connectivity index (χ1) is 11.9. The van der Waals surface area contributed by atoms with Gasteiger partial charge >= 0.3 is 47.2 Å². The molecule has 0 spiro atoms. The summed E-state index contributed by atoms with van der Waals surface area (Å²) < 4.78 is 2.68. The van der Waals surface area contributed by atoms with Crippen LogP contribution >= 0.6 is 18.8 Å². The molecule has 0 saturated heterocycles. The predicted octanol–water partition coefficient (Wildman–Crippen LogP) is 3.06. The van der Waals surface area contributed by atoms with Crippen LogP contribution in [0.1, 0.15) is 0 Å². The van der Waals surface area contributed by atoms with Crippen molar-refractivity contribution in [3.8, 4) is 0 Å². The number of imidazole rings is 2. The van der Waals surface area contributed by atoms with Crippen LogP contribution in [0.2, 0.25) is 0 Å². The summed E-state index contributed by atoms with van der Waals surface area (Å²) in [5, 5.41) is 20.4. The van der Waals surface area contributed by atoms with E-state index in [4.69, 9.17) is 30.3 Å². The van der Waals surface area contributed by atoms with Crippen LogP contribution < -0.4 is 0 Å². The molecule has 2 aromatic rings. The van der Waals surface area contributed by atoms with Crippen molar-refractivity contribution >= 4 is 30.7 Å². The molecule has 15 heteroatoms. The molecule has 0 aliphatic rings. The zero-order valence-electron chi connectivity index (χ0n) is 12.5. The Labute approximate surface area is 158 Å². The molecule has 0 atom stereocenters. The second-order valence-corrected chi connectivity index (χ2v) is 7.18. The Hall–Kier alpha value is -1.59. The summed E-state index contributed by atoms with van der Waals surface area (Å²) in [6.45, 7) is 0.876. The van der Waals surface area contributed by atoms with Crippen LogP contribution in [-0.2, 0) is 29.6 Å². The van der Waals surface area contributed by atoms with Crippen LogP contribution in [0.25, 0.3) is 11.5 Å². The summed E-state index contributed by atoms with van der Waals surface area (Å²) in [4.78, 5) is 26.3. The maximum Gasteiger partial charge on any atom is 0.434 e. The number of aromatic nitrogens is 4. The minimum absolute atomic E-state index is 0.122. The van der Waals surface area contributed by atoms with E-state index in [-0.39, 0.29) is 25.0 Å². The number of nitrogens with zero attached hydrogens (tertiary/aromatic N) is 6. The van der Waals surface area contributed by atoms with Crippen molar-refractivity contribution in [1.29, 1.82) is 0 Å². The predicted molar refractivity (Wildman–Crippen MR) is 87.8 cm³/mol. The number of nitro groups is 2. The molecule has 0 bridgehead atoms. The fourth-order valence-electron chi connectivity index (χ4n) is 1.54. The van der Waals surface area contributed by atoms with Gasteiger partial charge in [-0.25, -0.2) is 9.13 Å². The molecule has 0 saturated carbocycles. The van der Waals surface area contributed by atoms with Gasteiger partial charge < -0.3 is 31.7 Å². The van der Waals surface area contributed by atoms with Gasteiger partial charge in [-0.15, -0.1) is 13.1 Å². The maximum absolute atomic E-state index is 10.2. The Kier molecular flexibility index (Phi) is 12.8. The SMILES string of the molecule is [Cl][Pt+2][Cl].[NH-]CCn1ccnc1[N+](=O)[O-].[NH-]CCn1ccnc1[N+](=O)[O-]. The number of hydrogen-bond donors (Lipinski definition) is 0. The Morgan fingerprint density at radius 1 is 0.960 bits per heavy atom. The molecule has 2 N–H and O–H groups in total. The molecule has 2 aromatic heterocycles. The summed E-state index contributed by atoms with van der Waals surface area (Å²) in [7, 11) is 9.75. The molecular formula is C10H14Cl2N8O4Pt. The van der Waals surface area contributed by atoms with Crippen molar-refractivity contribution in [1.82, 2.24) is 19.1 Å². The Bertz CT molecular complexity index is 598. The van der Waals surface area contributed by atoms with Crippen LogP contribution in [0, 0.1) is 20.2 Å². The van der Waals surface area contributed by atoms with Gasteiger partial charge in [0.05, 0.1) is 13.1 Å². The average Bonchev–Trinajstić information content (AvgIpc) is 3.18. The third kappa shape index (κ3) is 8.89. The first kappa shape index (κ1) is 23.4. The third-order valence-corrected chi connectivity index (χ3v) is 2.42. The fraction of sp³-hybridized carbons (Fsp3) is 0.400. The van der Waals surface area contributed by atoms with Crippen LogP contribution in [0.5, 0.6) is 0 Å². The van der Waals surface area contributed by atoms with Crippen LogP contribution in [0.4, 0.5) is 11.9 Å². The molecule has 142 valence electrons. The van der Waals surface area contributed by atoms with E-state index in [0.29, 0.717) is 13.1 Å². The molecule has 12 nitrogen and oxygen atoms in total. The van der Waals surface area contributed by atoms with E-state index in [1.54, 1.807) is 0 Å². The van der Waals surface area contributed by atoms with Gasteiger partial charge in [-0.1, -0.05) is 9.97 Å². The fourth-order valence-corrected chi connectivity index (χ4v) is 1.54. The van der Waals surface area contributed by atoms with Gasteiger partial charge in [-0.2, -0.15) is 0 Å². The van der Waals surface area contributed by atoms with E-state index >= 15 is 0 Å². The zero-order valence-corrected chi connectivity index (χ0v) is 16.3. The van der Waals surface area contributed by atoms with Gasteiger partial charge in [0.25, 0.3) is 0 Å². The number of rotatable bonds is 6. The molecule has 2 heterocycles. The molecule has 25 heavy (non-hydrogen) atoms. The topological polar surface area (TPSA) is 170 Å². The van der Waals surface area contributed by atoms with Gasteiger partial charge in [0.15, 0.2) is 0 Å². The Balaban J connectivity index is 0.000000399. The van der Waals surface area contributed by atoms with Crippen molar-refractivity contribution in [3.63, 3.8) is 0 Å². The zero-order chi connectivity index (χ0) is 19.2. The first-order valence-electron chi connectivity index (χ1n) is 6.35. The third-order valence-electron chi connectivity index (χ3n) is 2.42. The largest absolute Gasteiger partial charge is 0.675 e. The first-order valence-corrected chi connectivity index (χ1v) is 12.0. The van der Waals surface area contributed by atoms with E-state index in [1.807, 2.05) is 0 Å². The number of hydrogen-bond acceptors (Lipinski definition) is 6. The second-order valence-electron chi connectivity index (χ2n) is 3.90. The monoisotopic (exact) mass is 575 g/mol. The molecular weight excluding hydrogens is 562 g/mol. The molecule has 0 amide bonds. The molecule has 0 radical (unpaired) electrons. The van der Waals surface area contributed by atoms with Crippen molar-refractivity contribution in [3.05, 3.63) is 56.5 Å². The summed E-state index contributed by atoms with van der Waals surface area (Å²) in [6, 6.07) is 0. The summed E-state index contributed by atoms with van der Waals surface area (Å²) >= 11 is -0.472. The van der Waals surface area contributed by atoms with Crippen molar-refractivity contribution < 1.29 is 26.3 Å². The Morgan fingerprint density at radius 3 is 1.52 bits per heavy atom. The molecule has 0 fully saturated rings. The van der Waals surface area contributed by atoms with Crippen molar-refractivity contribution in [2.45, 2.75) is 13.1 Å². The molecule has 0 unspecified atom stereocenters. The van der Waals surface area contributed by atoms with E-state index in [1.165, 1.54) is 33.9 Å². The quantitative estimate of drug-likeness (QED) is 0.378.